The summed E-state index contributed by atoms with van der Waals surface area (Å²) in [6, 6.07) is 15.1. The molecule has 4 rings (SSSR count). The van der Waals surface area contributed by atoms with E-state index >= 15 is 0 Å². The van der Waals surface area contributed by atoms with Crippen LogP contribution in [0, 0.1) is 5.92 Å². The Hall–Kier alpha value is -3.61. The Morgan fingerprint density at radius 1 is 1.06 bits per heavy atom. The maximum atomic E-state index is 12.8. The van der Waals surface area contributed by atoms with Crippen LogP contribution in [0.1, 0.15) is 49.7 Å². The van der Waals surface area contributed by atoms with Gasteiger partial charge in [-0.1, -0.05) is 74.0 Å². The van der Waals surface area contributed by atoms with Gasteiger partial charge in [-0.05, 0) is 41.5 Å². The van der Waals surface area contributed by atoms with Gasteiger partial charge in [0.25, 0.3) is 0 Å². The lowest BCUT2D eigenvalue weighted by Crippen LogP contribution is -2.50. The number of ether oxygens (including phenoxy) is 1. The van der Waals surface area contributed by atoms with E-state index in [2.05, 4.69) is 34.9 Å². The lowest BCUT2D eigenvalue weighted by molar-refractivity contribution is -0.142. The minimum absolute atomic E-state index is 0.0584. The number of carbonyl (C=O) groups excluding carboxylic acids is 2. The monoisotopic (exact) mass is 462 g/mol. The van der Waals surface area contributed by atoms with E-state index < -0.39 is 24.0 Å². The van der Waals surface area contributed by atoms with Crippen LogP contribution in [-0.4, -0.2) is 41.8 Å². The van der Waals surface area contributed by atoms with E-state index in [9.17, 15) is 19.5 Å². The van der Waals surface area contributed by atoms with Crippen molar-refractivity contribution in [1.82, 2.24) is 10.6 Å². The van der Waals surface area contributed by atoms with Gasteiger partial charge in [-0.15, -0.1) is 0 Å². The van der Waals surface area contributed by atoms with Crippen LogP contribution in [0.3, 0.4) is 0 Å². The van der Waals surface area contributed by atoms with Crippen molar-refractivity contribution in [2.75, 3.05) is 6.61 Å². The van der Waals surface area contributed by atoms with E-state index in [0.717, 1.165) is 22.3 Å². The van der Waals surface area contributed by atoms with E-state index in [1.807, 2.05) is 37.3 Å². The molecule has 7 heteroatoms. The number of carboxylic acids is 1. The Bertz CT molecular complexity index is 1050. The fourth-order valence-corrected chi connectivity index (χ4v) is 4.82. The summed E-state index contributed by atoms with van der Waals surface area (Å²) in [6.45, 7) is 2.10. The first-order chi connectivity index (χ1) is 16.5. The molecule has 0 saturated heterocycles. The minimum Gasteiger partial charge on any atom is -0.481 e. The summed E-state index contributed by atoms with van der Waals surface area (Å²) in [5.41, 5.74) is 4.54. The molecule has 0 aliphatic heterocycles. The third-order valence-corrected chi connectivity index (χ3v) is 6.53. The van der Waals surface area contributed by atoms with Gasteiger partial charge in [-0.2, -0.15) is 0 Å². The van der Waals surface area contributed by atoms with Crippen LogP contribution in [-0.2, 0) is 14.3 Å². The maximum Gasteiger partial charge on any atom is 0.407 e. The Balaban J connectivity index is 1.36. The Labute approximate surface area is 199 Å². The van der Waals surface area contributed by atoms with Gasteiger partial charge in [-0.3, -0.25) is 9.59 Å². The zero-order chi connectivity index (χ0) is 24.1. The minimum atomic E-state index is -0.870. The standard InChI is InChI=1S/C27H30N2O5/c1-2-8-24(25(30)28-18-10-7-9-17(15-18)26(31)32)29-27(33)34-16-23-21-13-5-3-11-19(21)20-12-4-6-14-22(20)23/h3-7,10-14,17-18,23-24H,2,8-9,15-16H2,1H3,(H,28,30)(H,29,33)(H,31,32)/t17-,18-,24-/m1/s1. The smallest absolute Gasteiger partial charge is 0.407 e. The molecule has 2 aromatic carbocycles. The molecule has 0 unspecified atom stereocenters. The van der Waals surface area contributed by atoms with E-state index in [-0.39, 0.29) is 24.5 Å². The predicted molar refractivity (Wildman–Crippen MR) is 128 cm³/mol. The van der Waals surface area contributed by atoms with Crippen LogP contribution in [0.15, 0.2) is 60.7 Å². The van der Waals surface area contributed by atoms with Crippen molar-refractivity contribution in [3.05, 3.63) is 71.8 Å². The Kier molecular flexibility index (Phi) is 7.30. The van der Waals surface area contributed by atoms with Crippen LogP contribution < -0.4 is 10.6 Å². The van der Waals surface area contributed by atoms with E-state index in [1.165, 1.54) is 0 Å². The number of nitrogens with one attached hydrogen (secondary N) is 2. The van der Waals surface area contributed by atoms with E-state index in [0.29, 0.717) is 25.7 Å². The van der Waals surface area contributed by atoms with Gasteiger partial charge in [0.1, 0.15) is 12.6 Å². The van der Waals surface area contributed by atoms with Gasteiger partial charge >= 0.3 is 12.1 Å². The molecule has 0 aromatic heterocycles. The summed E-state index contributed by atoms with van der Waals surface area (Å²) in [5, 5.41) is 14.8. The van der Waals surface area contributed by atoms with Crippen LogP contribution in [0.4, 0.5) is 4.79 Å². The molecule has 3 atom stereocenters. The first kappa shape index (κ1) is 23.5. The molecule has 2 amide bonds. The molecule has 178 valence electrons. The van der Waals surface area contributed by atoms with Crippen molar-refractivity contribution in [3.63, 3.8) is 0 Å². The van der Waals surface area contributed by atoms with E-state index in [4.69, 9.17) is 4.74 Å². The molecule has 3 N–H and O–H groups in total. The molecule has 2 aromatic rings. The van der Waals surface area contributed by atoms with Crippen molar-refractivity contribution >= 4 is 18.0 Å². The molecule has 0 bridgehead atoms. The van der Waals surface area contributed by atoms with Gasteiger partial charge in [0.15, 0.2) is 0 Å². The molecule has 0 spiro atoms. The average molecular weight is 463 g/mol. The fraction of sp³-hybridized carbons (Fsp3) is 0.370. The van der Waals surface area contributed by atoms with Gasteiger partial charge in [0.2, 0.25) is 5.91 Å². The van der Waals surface area contributed by atoms with Crippen LogP contribution in [0.25, 0.3) is 11.1 Å². The van der Waals surface area contributed by atoms with Crippen LogP contribution in [0.5, 0.6) is 0 Å². The maximum absolute atomic E-state index is 12.8. The molecule has 2 aliphatic rings. The Morgan fingerprint density at radius 2 is 1.71 bits per heavy atom. The van der Waals surface area contributed by atoms with Crippen molar-refractivity contribution in [3.8, 4) is 11.1 Å². The lowest BCUT2D eigenvalue weighted by Gasteiger charge is -2.25. The van der Waals surface area contributed by atoms with Gasteiger partial charge in [-0.25, -0.2) is 4.79 Å². The summed E-state index contributed by atoms with van der Waals surface area (Å²) in [4.78, 5) is 36.8. The number of alkyl carbamates (subject to hydrolysis) is 1. The molecule has 0 fully saturated rings. The number of hydrogen-bond acceptors (Lipinski definition) is 4. The fourth-order valence-electron chi connectivity index (χ4n) is 4.82. The number of fused-ring (bicyclic) bond motifs is 3. The summed E-state index contributed by atoms with van der Waals surface area (Å²) in [6.07, 6.45) is 4.89. The topological polar surface area (TPSA) is 105 Å². The Morgan fingerprint density at radius 3 is 2.32 bits per heavy atom. The van der Waals surface area contributed by atoms with Crippen molar-refractivity contribution in [1.29, 1.82) is 0 Å². The van der Waals surface area contributed by atoms with Gasteiger partial charge in [0.05, 0.1) is 5.92 Å². The zero-order valence-electron chi connectivity index (χ0n) is 19.2. The van der Waals surface area contributed by atoms with E-state index in [1.54, 1.807) is 6.08 Å². The predicted octanol–water partition coefficient (Wildman–Crippen LogP) is 4.23. The highest BCUT2D eigenvalue weighted by atomic mass is 16.5. The number of hydrogen-bond donors (Lipinski definition) is 3. The first-order valence-electron chi connectivity index (χ1n) is 11.8. The number of carbonyl (C=O) groups is 3. The second-order valence-corrected chi connectivity index (χ2v) is 8.86. The van der Waals surface area contributed by atoms with Gasteiger partial charge < -0.3 is 20.5 Å². The second kappa shape index (κ2) is 10.5. The molecule has 0 heterocycles. The van der Waals surface area contributed by atoms with Crippen molar-refractivity contribution in [2.45, 2.75) is 50.6 Å². The number of carboxylic acid groups (broad SMARTS) is 1. The number of rotatable bonds is 8. The molecular weight excluding hydrogens is 432 g/mol. The molecule has 0 radical (unpaired) electrons. The second-order valence-electron chi connectivity index (χ2n) is 8.86. The summed E-state index contributed by atoms with van der Waals surface area (Å²) >= 11 is 0. The molecule has 2 aliphatic carbocycles. The quantitative estimate of drug-likeness (QED) is 0.509. The highest BCUT2D eigenvalue weighted by Gasteiger charge is 2.30. The summed E-state index contributed by atoms with van der Waals surface area (Å²) in [7, 11) is 0. The summed E-state index contributed by atoms with van der Waals surface area (Å²) < 4.78 is 5.58. The van der Waals surface area contributed by atoms with Crippen molar-refractivity contribution in [2.24, 2.45) is 5.92 Å². The van der Waals surface area contributed by atoms with Crippen LogP contribution >= 0.6 is 0 Å². The molecule has 0 saturated carbocycles. The molecular formula is C27H30N2O5. The van der Waals surface area contributed by atoms with Crippen molar-refractivity contribution < 1.29 is 24.2 Å². The zero-order valence-corrected chi connectivity index (χ0v) is 19.2. The van der Waals surface area contributed by atoms with Crippen LogP contribution in [0.2, 0.25) is 0 Å². The largest absolute Gasteiger partial charge is 0.481 e. The molecule has 34 heavy (non-hydrogen) atoms. The molecule has 7 nitrogen and oxygen atoms in total. The number of amides is 2. The first-order valence-corrected chi connectivity index (χ1v) is 11.8. The highest BCUT2D eigenvalue weighted by Crippen LogP contribution is 2.44. The average Bonchev–Trinajstić information content (AvgIpc) is 3.16. The SMILES string of the molecule is CCC[C@@H](NC(=O)OCC1c2ccccc2-c2ccccc21)C(=O)N[C@@H]1C=CC[C@@H](C(=O)O)C1. The number of allylic oxidation sites excluding steroid dienone is 1. The highest BCUT2D eigenvalue weighted by molar-refractivity contribution is 5.86. The van der Waals surface area contributed by atoms with Gasteiger partial charge in [0, 0.05) is 12.0 Å². The lowest BCUT2D eigenvalue weighted by atomic mass is 9.91. The number of benzene rings is 2. The number of aliphatic carboxylic acids is 1. The normalized spacial score (nSPS) is 19.6. The summed E-state index contributed by atoms with van der Waals surface area (Å²) in [5.74, 6) is -1.78. The third-order valence-electron chi connectivity index (χ3n) is 6.53. The third kappa shape index (κ3) is 5.14.